The molecule has 202 valence electrons. The maximum absolute atomic E-state index is 13.3. The van der Waals surface area contributed by atoms with Gasteiger partial charge in [0.1, 0.15) is 0 Å². The van der Waals surface area contributed by atoms with Gasteiger partial charge in [0, 0.05) is 12.0 Å². The Morgan fingerprint density at radius 1 is 0.868 bits per heavy atom. The Balaban J connectivity index is 0.00000400. The molecule has 3 aromatic carbocycles. The number of halogens is 1. The normalized spacial score (nSPS) is 15.0. The molecule has 0 aliphatic carbocycles. The number of rotatable bonds is 10. The number of hydrogen-bond donors (Lipinski definition) is 2. The molecule has 0 unspecified atom stereocenters. The van der Waals surface area contributed by atoms with Gasteiger partial charge in [0.25, 0.3) is 0 Å². The van der Waals surface area contributed by atoms with Crippen LogP contribution in [0.5, 0.6) is 0 Å². The van der Waals surface area contributed by atoms with Crippen LogP contribution in [0.1, 0.15) is 59.4 Å². The first kappa shape index (κ1) is 29.4. The zero-order valence-electron chi connectivity index (χ0n) is 22.4. The summed E-state index contributed by atoms with van der Waals surface area (Å²) in [5.74, 6) is -1.05. The summed E-state index contributed by atoms with van der Waals surface area (Å²) < 4.78 is 0. The molecule has 5 nitrogen and oxygen atoms in total. The van der Waals surface area contributed by atoms with Crippen LogP contribution in [0.15, 0.2) is 78.9 Å². The van der Waals surface area contributed by atoms with E-state index in [2.05, 4.69) is 60.5 Å². The second-order valence-electron chi connectivity index (χ2n) is 10.5. The van der Waals surface area contributed by atoms with Crippen LogP contribution in [0.4, 0.5) is 0 Å². The molecule has 1 aliphatic heterocycles. The van der Waals surface area contributed by atoms with E-state index >= 15 is 0 Å². The molecule has 1 amide bonds. The fourth-order valence-electron chi connectivity index (χ4n) is 5.48. The predicted octanol–water partition coefficient (Wildman–Crippen LogP) is 5.87. The highest BCUT2D eigenvalue weighted by atomic mass is 35.5. The average Bonchev–Trinajstić information content (AvgIpc) is 2.90. The van der Waals surface area contributed by atoms with Gasteiger partial charge in [0.05, 0.1) is 12.3 Å². The monoisotopic (exact) mass is 534 g/mol. The van der Waals surface area contributed by atoms with Crippen LogP contribution < -0.4 is 5.32 Å². The molecule has 1 saturated heterocycles. The number of nitrogens with zero attached hydrogens (tertiary/aromatic N) is 1. The number of hydrogen-bond acceptors (Lipinski definition) is 3. The maximum atomic E-state index is 13.3. The third kappa shape index (κ3) is 7.46. The maximum Gasteiger partial charge on any atom is 0.304 e. The number of nitrogens with one attached hydrogen (secondary N) is 1. The van der Waals surface area contributed by atoms with Crippen LogP contribution >= 0.6 is 12.4 Å². The van der Waals surface area contributed by atoms with Gasteiger partial charge in [-0.2, -0.15) is 0 Å². The number of carbonyl (C=O) groups is 2. The molecule has 3 aromatic rings. The number of carboxylic acid groups (broad SMARTS) is 1. The van der Waals surface area contributed by atoms with E-state index in [9.17, 15) is 14.7 Å². The Labute approximate surface area is 232 Å². The lowest BCUT2D eigenvalue weighted by molar-refractivity contribution is -0.139. The van der Waals surface area contributed by atoms with E-state index in [4.69, 9.17) is 0 Å². The molecule has 38 heavy (non-hydrogen) atoms. The summed E-state index contributed by atoms with van der Waals surface area (Å²) in [6.45, 7) is 7.34. The van der Waals surface area contributed by atoms with E-state index in [0.29, 0.717) is 6.54 Å². The van der Waals surface area contributed by atoms with Gasteiger partial charge >= 0.3 is 5.97 Å². The Morgan fingerprint density at radius 2 is 1.39 bits per heavy atom. The molecule has 0 radical (unpaired) electrons. The molecule has 0 saturated carbocycles. The number of aliphatic carboxylic acids is 1. The quantitative estimate of drug-likeness (QED) is 0.319. The van der Waals surface area contributed by atoms with Crippen LogP contribution in [-0.2, 0) is 15.0 Å². The lowest BCUT2D eigenvalue weighted by Crippen LogP contribution is -2.44. The smallest absolute Gasteiger partial charge is 0.304 e. The molecular formula is C32H39ClN2O3. The minimum absolute atomic E-state index is 0. The Bertz CT molecular complexity index is 1130. The number of benzene rings is 3. The van der Waals surface area contributed by atoms with Gasteiger partial charge in [-0.05, 0) is 69.4 Å². The third-order valence-electron chi connectivity index (χ3n) is 7.72. The van der Waals surface area contributed by atoms with Crippen LogP contribution in [0.25, 0.3) is 0 Å². The van der Waals surface area contributed by atoms with Crippen molar-refractivity contribution in [2.75, 3.05) is 26.2 Å². The lowest BCUT2D eigenvalue weighted by atomic mass is 9.70. The first-order chi connectivity index (χ1) is 17.9. The van der Waals surface area contributed by atoms with Crippen molar-refractivity contribution in [1.82, 2.24) is 10.2 Å². The molecule has 1 aliphatic rings. The Morgan fingerprint density at radius 3 is 1.89 bits per heavy atom. The molecule has 0 bridgehead atoms. The van der Waals surface area contributed by atoms with E-state index < -0.39 is 5.97 Å². The first-order valence-corrected chi connectivity index (χ1v) is 13.3. The summed E-state index contributed by atoms with van der Waals surface area (Å²) in [6, 6.07) is 26.5. The highest BCUT2D eigenvalue weighted by Gasteiger charge is 2.38. The molecule has 1 fully saturated rings. The minimum atomic E-state index is -0.739. The van der Waals surface area contributed by atoms with E-state index in [1.807, 2.05) is 42.5 Å². The Hall–Kier alpha value is -3.15. The molecule has 1 heterocycles. The van der Waals surface area contributed by atoms with Gasteiger partial charge in [0.15, 0.2) is 0 Å². The highest BCUT2D eigenvalue weighted by Crippen LogP contribution is 2.38. The minimum Gasteiger partial charge on any atom is -0.481 e. The summed E-state index contributed by atoms with van der Waals surface area (Å²) in [5.41, 5.74) is 5.17. The van der Waals surface area contributed by atoms with E-state index in [1.54, 1.807) is 0 Å². The summed E-state index contributed by atoms with van der Waals surface area (Å²) in [5, 5.41) is 12.7. The zero-order valence-corrected chi connectivity index (χ0v) is 23.2. The van der Waals surface area contributed by atoms with Crippen molar-refractivity contribution in [3.05, 3.63) is 107 Å². The molecule has 0 aromatic heterocycles. The van der Waals surface area contributed by atoms with Crippen LogP contribution in [-0.4, -0.2) is 48.1 Å². The summed E-state index contributed by atoms with van der Waals surface area (Å²) in [7, 11) is 0. The summed E-state index contributed by atoms with van der Waals surface area (Å²) in [4.78, 5) is 27.4. The second kappa shape index (κ2) is 13.6. The number of piperidine rings is 1. The third-order valence-corrected chi connectivity index (χ3v) is 7.72. The lowest BCUT2D eigenvalue weighted by Gasteiger charge is -2.41. The van der Waals surface area contributed by atoms with Crippen molar-refractivity contribution in [1.29, 1.82) is 0 Å². The molecule has 6 heteroatoms. The molecule has 0 spiro atoms. The van der Waals surface area contributed by atoms with Crippen LogP contribution in [0.2, 0.25) is 0 Å². The van der Waals surface area contributed by atoms with E-state index in [1.165, 1.54) is 11.1 Å². The molecule has 4 rings (SSSR count). The number of amides is 1. The van der Waals surface area contributed by atoms with Crippen molar-refractivity contribution >= 4 is 24.3 Å². The zero-order chi connectivity index (χ0) is 26.3. The SMILES string of the molecule is Cc1ccc(C(C(=O)NCCCN2CCC(CC(=O)O)(c3ccccc3)CC2)c2ccc(C)cc2)cc1.Cl. The fraction of sp³-hybridized carbons (Fsp3) is 0.375. The van der Waals surface area contributed by atoms with Crippen molar-refractivity contribution < 1.29 is 14.7 Å². The van der Waals surface area contributed by atoms with Crippen LogP contribution in [0.3, 0.4) is 0 Å². The van der Waals surface area contributed by atoms with Gasteiger partial charge in [-0.3, -0.25) is 9.59 Å². The average molecular weight is 535 g/mol. The number of carboxylic acids is 1. The molecule has 0 atom stereocenters. The second-order valence-corrected chi connectivity index (χ2v) is 10.5. The van der Waals surface area contributed by atoms with Crippen molar-refractivity contribution in [3.8, 4) is 0 Å². The topological polar surface area (TPSA) is 69.6 Å². The van der Waals surface area contributed by atoms with Crippen molar-refractivity contribution in [2.24, 2.45) is 0 Å². The van der Waals surface area contributed by atoms with Gasteiger partial charge in [-0.15, -0.1) is 12.4 Å². The summed E-state index contributed by atoms with van der Waals surface area (Å²) in [6.07, 6.45) is 2.69. The largest absolute Gasteiger partial charge is 0.481 e. The number of carbonyl (C=O) groups excluding carboxylic acids is 1. The van der Waals surface area contributed by atoms with Gasteiger partial charge in [-0.25, -0.2) is 0 Å². The summed E-state index contributed by atoms with van der Waals surface area (Å²) >= 11 is 0. The Kier molecular flexibility index (Phi) is 10.5. The van der Waals surface area contributed by atoms with E-state index in [0.717, 1.165) is 55.6 Å². The highest BCUT2D eigenvalue weighted by molar-refractivity contribution is 5.87. The predicted molar refractivity (Wildman–Crippen MR) is 155 cm³/mol. The molecule has 2 N–H and O–H groups in total. The van der Waals surface area contributed by atoms with Crippen molar-refractivity contribution in [3.63, 3.8) is 0 Å². The van der Waals surface area contributed by atoms with E-state index in [-0.39, 0.29) is 36.1 Å². The van der Waals surface area contributed by atoms with Crippen LogP contribution in [0, 0.1) is 13.8 Å². The fourth-order valence-corrected chi connectivity index (χ4v) is 5.48. The number of likely N-dealkylation sites (tertiary alicyclic amines) is 1. The first-order valence-electron chi connectivity index (χ1n) is 13.3. The van der Waals surface area contributed by atoms with Gasteiger partial charge in [-0.1, -0.05) is 90.0 Å². The van der Waals surface area contributed by atoms with Gasteiger partial charge < -0.3 is 15.3 Å². The number of aryl methyl sites for hydroxylation is 2. The molecular weight excluding hydrogens is 496 g/mol. The standard InChI is InChI=1S/C32H38N2O3.ClH/c1-24-9-13-26(14-10-24)30(27-15-11-25(2)12-16-27)31(37)33-19-6-20-34-21-17-32(18-22-34,23-29(35)36)28-7-4-3-5-8-28;/h3-5,7-16,30H,6,17-23H2,1-2H3,(H,33,37)(H,35,36);1H. The van der Waals surface area contributed by atoms with Gasteiger partial charge in [0.2, 0.25) is 5.91 Å². The van der Waals surface area contributed by atoms with Crippen molar-refractivity contribution in [2.45, 2.75) is 50.9 Å².